The molecular formula is C18H29ClN2O3. The molecule has 5 nitrogen and oxygen atoms in total. The topological polar surface area (TPSA) is 50.8 Å². The maximum Gasteiger partial charge on any atom is 0.222 e. The fourth-order valence-electron chi connectivity index (χ4n) is 2.81. The maximum atomic E-state index is 12.2. The number of hydrogen-bond acceptors (Lipinski definition) is 4. The molecule has 24 heavy (non-hydrogen) atoms. The molecule has 1 fully saturated rings. The summed E-state index contributed by atoms with van der Waals surface area (Å²) < 4.78 is 11.1. The van der Waals surface area contributed by atoms with Gasteiger partial charge in [-0.3, -0.25) is 4.79 Å². The predicted molar refractivity (Wildman–Crippen MR) is 98.2 cm³/mol. The first kappa shape index (κ1) is 20.6. The largest absolute Gasteiger partial charge is 0.494 e. The molecule has 0 spiro atoms. The van der Waals surface area contributed by atoms with E-state index in [0.29, 0.717) is 25.7 Å². The molecular weight excluding hydrogens is 328 g/mol. The summed E-state index contributed by atoms with van der Waals surface area (Å²) in [4.78, 5) is 14.2. The van der Waals surface area contributed by atoms with Gasteiger partial charge in [-0.2, -0.15) is 0 Å². The molecule has 2 rings (SSSR count). The Balaban J connectivity index is 0.00000288. The van der Waals surface area contributed by atoms with Crippen LogP contribution in [0.25, 0.3) is 0 Å². The van der Waals surface area contributed by atoms with Gasteiger partial charge in [0.25, 0.3) is 0 Å². The van der Waals surface area contributed by atoms with Crippen LogP contribution in [0.5, 0.6) is 11.5 Å². The summed E-state index contributed by atoms with van der Waals surface area (Å²) >= 11 is 0. The van der Waals surface area contributed by atoms with Crippen LogP contribution in [0, 0.1) is 0 Å². The molecule has 136 valence electrons. The number of likely N-dealkylation sites (tertiary alicyclic amines) is 1. The number of piperidine rings is 1. The number of carbonyl (C=O) groups excluding carboxylic acids is 1. The number of hydrogen-bond donors (Lipinski definition) is 1. The van der Waals surface area contributed by atoms with E-state index in [9.17, 15) is 4.79 Å². The maximum absolute atomic E-state index is 12.2. The van der Waals surface area contributed by atoms with Gasteiger partial charge in [0.05, 0.1) is 13.2 Å². The lowest BCUT2D eigenvalue weighted by Gasteiger charge is -2.32. The number of likely N-dealkylation sites (N-methyl/N-ethyl adjacent to an activating group) is 1. The first-order valence-corrected chi connectivity index (χ1v) is 8.53. The molecule has 1 aromatic rings. The number of carbonyl (C=O) groups is 1. The highest BCUT2D eigenvalue weighted by Crippen LogP contribution is 2.18. The highest BCUT2D eigenvalue weighted by atomic mass is 35.5. The van der Waals surface area contributed by atoms with Crippen molar-refractivity contribution in [2.24, 2.45) is 0 Å². The molecule has 1 saturated heterocycles. The summed E-state index contributed by atoms with van der Waals surface area (Å²) in [5.74, 6) is 1.90. The summed E-state index contributed by atoms with van der Waals surface area (Å²) in [6, 6.07) is 8.03. The third-order valence-electron chi connectivity index (χ3n) is 4.12. The van der Waals surface area contributed by atoms with E-state index >= 15 is 0 Å². The van der Waals surface area contributed by atoms with Crippen LogP contribution in [0.3, 0.4) is 0 Å². The van der Waals surface area contributed by atoms with Gasteiger partial charge in [-0.1, -0.05) is 0 Å². The van der Waals surface area contributed by atoms with E-state index < -0.39 is 0 Å². The molecule has 6 heteroatoms. The number of benzene rings is 1. The molecule has 1 amide bonds. The summed E-state index contributed by atoms with van der Waals surface area (Å²) in [6.45, 7) is 4.89. The number of ether oxygens (including phenoxy) is 2. The number of nitrogens with one attached hydrogen (secondary N) is 1. The Labute approximate surface area is 151 Å². The van der Waals surface area contributed by atoms with E-state index in [2.05, 4.69) is 5.32 Å². The molecule has 0 radical (unpaired) electrons. The summed E-state index contributed by atoms with van der Waals surface area (Å²) in [5, 5.41) is 3.26. The zero-order valence-corrected chi connectivity index (χ0v) is 15.4. The van der Waals surface area contributed by atoms with Crippen molar-refractivity contribution < 1.29 is 14.3 Å². The predicted octanol–water partition coefficient (Wildman–Crippen LogP) is 2.88. The van der Waals surface area contributed by atoms with Gasteiger partial charge in [0.15, 0.2) is 0 Å². The van der Waals surface area contributed by atoms with E-state index in [0.717, 1.165) is 43.9 Å². The third-order valence-corrected chi connectivity index (χ3v) is 4.12. The first-order chi connectivity index (χ1) is 11.2. The molecule has 0 saturated carbocycles. The Hall–Kier alpha value is -1.46. The van der Waals surface area contributed by atoms with Crippen LogP contribution in [0.15, 0.2) is 24.3 Å². The zero-order chi connectivity index (χ0) is 16.5. The van der Waals surface area contributed by atoms with Crippen molar-refractivity contribution in [3.8, 4) is 11.5 Å². The van der Waals surface area contributed by atoms with Crippen molar-refractivity contribution >= 4 is 18.3 Å². The van der Waals surface area contributed by atoms with Crippen molar-refractivity contribution in [2.45, 2.75) is 38.6 Å². The average Bonchev–Trinajstić information content (AvgIpc) is 2.60. The van der Waals surface area contributed by atoms with E-state index in [1.165, 1.54) is 0 Å². The minimum atomic E-state index is 0. The second-order valence-corrected chi connectivity index (χ2v) is 5.82. The van der Waals surface area contributed by atoms with Crippen molar-refractivity contribution in [2.75, 3.05) is 33.4 Å². The lowest BCUT2D eigenvalue weighted by molar-refractivity contribution is -0.132. The van der Waals surface area contributed by atoms with Gasteiger partial charge in [0.2, 0.25) is 5.91 Å². The number of halogens is 1. The standard InChI is InChI=1S/C18H28N2O3.ClH/c1-3-22-16-8-10-17(11-9-16)23-13-5-7-18(21)20-12-4-6-15(14-20)19-2;/h8-11,15,19H,3-7,12-14H2,1-2H3;1H. The minimum absolute atomic E-state index is 0. The zero-order valence-electron chi connectivity index (χ0n) is 14.6. The first-order valence-electron chi connectivity index (χ1n) is 8.53. The molecule has 0 bridgehead atoms. The Bertz CT molecular complexity index is 482. The van der Waals surface area contributed by atoms with Crippen LogP contribution in [0.2, 0.25) is 0 Å². The van der Waals surface area contributed by atoms with E-state index in [-0.39, 0.29) is 18.3 Å². The number of amides is 1. The Kier molecular flexibility index (Phi) is 9.57. The van der Waals surface area contributed by atoms with Crippen molar-refractivity contribution in [3.63, 3.8) is 0 Å². The van der Waals surface area contributed by atoms with Gasteiger partial charge < -0.3 is 19.7 Å². The molecule has 1 heterocycles. The highest BCUT2D eigenvalue weighted by Gasteiger charge is 2.21. The SMILES string of the molecule is CCOc1ccc(OCCCC(=O)N2CCCC(NC)C2)cc1.Cl. The van der Waals surface area contributed by atoms with Gasteiger partial charge in [-0.15, -0.1) is 12.4 Å². The van der Waals surface area contributed by atoms with Crippen LogP contribution in [0.4, 0.5) is 0 Å². The number of rotatable bonds is 8. The van der Waals surface area contributed by atoms with Gasteiger partial charge in [-0.25, -0.2) is 0 Å². The van der Waals surface area contributed by atoms with Gasteiger partial charge >= 0.3 is 0 Å². The van der Waals surface area contributed by atoms with Crippen LogP contribution < -0.4 is 14.8 Å². The van der Waals surface area contributed by atoms with Crippen LogP contribution in [0.1, 0.15) is 32.6 Å². The quantitative estimate of drug-likeness (QED) is 0.728. The molecule has 1 aliphatic rings. The Morgan fingerprint density at radius 2 is 1.92 bits per heavy atom. The van der Waals surface area contributed by atoms with Crippen molar-refractivity contribution in [3.05, 3.63) is 24.3 Å². The molecule has 1 aromatic carbocycles. The molecule has 0 aromatic heterocycles. The van der Waals surface area contributed by atoms with Gasteiger partial charge in [-0.05, 0) is 57.5 Å². The van der Waals surface area contributed by atoms with E-state index in [1.807, 2.05) is 43.1 Å². The second kappa shape index (κ2) is 11.2. The summed E-state index contributed by atoms with van der Waals surface area (Å²) in [7, 11) is 1.96. The van der Waals surface area contributed by atoms with E-state index in [1.54, 1.807) is 0 Å². The second-order valence-electron chi connectivity index (χ2n) is 5.82. The van der Waals surface area contributed by atoms with Gasteiger partial charge in [0.1, 0.15) is 11.5 Å². The van der Waals surface area contributed by atoms with Crippen molar-refractivity contribution in [1.29, 1.82) is 0 Å². The lowest BCUT2D eigenvalue weighted by atomic mass is 10.1. The minimum Gasteiger partial charge on any atom is -0.494 e. The molecule has 1 atom stereocenters. The van der Waals surface area contributed by atoms with Crippen LogP contribution in [-0.4, -0.2) is 50.2 Å². The number of nitrogens with zero attached hydrogens (tertiary/aromatic N) is 1. The molecule has 1 N–H and O–H groups in total. The van der Waals surface area contributed by atoms with Crippen molar-refractivity contribution in [1.82, 2.24) is 10.2 Å². The fourth-order valence-corrected chi connectivity index (χ4v) is 2.81. The smallest absolute Gasteiger partial charge is 0.222 e. The lowest BCUT2D eigenvalue weighted by Crippen LogP contribution is -2.46. The van der Waals surface area contributed by atoms with Gasteiger partial charge in [0, 0.05) is 25.6 Å². The molecule has 1 unspecified atom stereocenters. The van der Waals surface area contributed by atoms with Crippen LogP contribution >= 0.6 is 12.4 Å². The normalized spacial score (nSPS) is 17.1. The summed E-state index contributed by atoms with van der Waals surface area (Å²) in [6.07, 6.45) is 3.53. The Morgan fingerprint density at radius 3 is 2.54 bits per heavy atom. The third kappa shape index (κ3) is 6.57. The molecule has 0 aliphatic carbocycles. The summed E-state index contributed by atoms with van der Waals surface area (Å²) in [5.41, 5.74) is 0. The van der Waals surface area contributed by atoms with E-state index in [4.69, 9.17) is 9.47 Å². The average molecular weight is 357 g/mol. The Morgan fingerprint density at radius 1 is 1.25 bits per heavy atom. The highest BCUT2D eigenvalue weighted by molar-refractivity contribution is 5.85. The monoisotopic (exact) mass is 356 g/mol. The fraction of sp³-hybridized carbons (Fsp3) is 0.611. The molecule has 1 aliphatic heterocycles. The van der Waals surface area contributed by atoms with Crippen LogP contribution in [-0.2, 0) is 4.79 Å².